The average Bonchev–Trinajstić information content (AvgIpc) is 2.67. The Morgan fingerprint density at radius 2 is 2.28 bits per heavy atom. The summed E-state index contributed by atoms with van der Waals surface area (Å²) in [5.74, 6) is -2.64. The van der Waals surface area contributed by atoms with Crippen molar-refractivity contribution in [3.8, 4) is 5.75 Å². The summed E-state index contributed by atoms with van der Waals surface area (Å²) in [6, 6.07) is 7.02. The molecule has 1 heterocycles. The minimum Gasteiger partial charge on any atom is -0.484 e. The molecule has 0 bridgehead atoms. The number of ether oxygens (including phenoxy) is 1. The van der Waals surface area contributed by atoms with Gasteiger partial charge in [-0.1, -0.05) is 22.0 Å². The number of carbonyl (C=O) groups is 1. The number of benzene rings is 1. The van der Waals surface area contributed by atoms with Crippen molar-refractivity contribution in [3.05, 3.63) is 28.7 Å². The maximum absolute atomic E-state index is 12.9. The molecule has 0 radical (unpaired) electrons. The summed E-state index contributed by atoms with van der Waals surface area (Å²) in [5.41, 5.74) is 0. The monoisotopic (exact) mass is 319 g/mol. The second-order valence-corrected chi connectivity index (χ2v) is 5.08. The molecule has 1 fully saturated rings. The molecule has 1 aromatic carbocycles. The number of amides is 1. The zero-order chi connectivity index (χ0) is 13.2. The molecular weight excluding hydrogens is 308 g/mol. The minimum atomic E-state index is -2.76. The Bertz CT molecular complexity index is 453. The van der Waals surface area contributed by atoms with Crippen molar-refractivity contribution in [2.75, 3.05) is 19.7 Å². The Balaban J connectivity index is 1.86. The van der Waals surface area contributed by atoms with Crippen LogP contribution in [-0.2, 0) is 4.79 Å². The second-order valence-electron chi connectivity index (χ2n) is 4.17. The van der Waals surface area contributed by atoms with Gasteiger partial charge in [-0.2, -0.15) is 0 Å². The maximum Gasteiger partial charge on any atom is 0.267 e. The molecule has 0 saturated carbocycles. The molecule has 0 N–H and O–H groups in total. The van der Waals surface area contributed by atoms with E-state index in [-0.39, 0.29) is 19.6 Å². The molecule has 1 aromatic rings. The molecule has 1 amide bonds. The summed E-state index contributed by atoms with van der Waals surface area (Å²) in [6.45, 7) is -0.631. The van der Waals surface area contributed by atoms with Gasteiger partial charge >= 0.3 is 0 Å². The highest BCUT2D eigenvalue weighted by Crippen LogP contribution is 2.26. The van der Waals surface area contributed by atoms with Crippen LogP contribution in [0.15, 0.2) is 28.7 Å². The third-order valence-electron chi connectivity index (χ3n) is 2.68. The topological polar surface area (TPSA) is 29.5 Å². The first kappa shape index (κ1) is 13.3. The number of hydrogen-bond donors (Lipinski definition) is 0. The van der Waals surface area contributed by atoms with E-state index in [2.05, 4.69) is 15.9 Å². The van der Waals surface area contributed by atoms with Crippen LogP contribution in [0.25, 0.3) is 0 Å². The van der Waals surface area contributed by atoms with Crippen molar-refractivity contribution in [2.24, 2.45) is 0 Å². The van der Waals surface area contributed by atoms with E-state index >= 15 is 0 Å². The van der Waals surface area contributed by atoms with E-state index in [1.54, 1.807) is 18.2 Å². The van der Waals surface area contributed by atoms with Crippen molar-refractivity contribution < 1.29 is 18.3 Å². The summed E-state index contributed by atoms with van der Waals surface area (Å²) in [7, 11) is 0. The van der Waals surface area contributed by atoms with E-state index in [1.165, 1.54) is 0 Å². The van der Waals surface area contributed by atoms with Gasteiger partial charge in [-0.3, -0.25) is 4.79 Å². The number of likely N-dealkylation sites (tertiary alicyclic amines) is 1. The zero-order valence-corrected chi connectivity index (χ0v) is 11.1. The Hall–Kier alpha value is -1.17. The highest BCUT2D eigenvalue weighted by molar-refractivity contribution is 9.10. The molecule has 6 heteroatoms. The van der Waals surface area contributed by atoms with Crippen molar-refractivity contribution in [3.63, 3.8) is 0 Å². The van der Waals surface area contributed by atoms with E-state index in [0.717, 1.165) is 9.37 Å². The van der Waals surface area contributed by atoms with E-state index in [0.29, 0.717) is 5.75 Å². The van der Waals surface area contributed by atoms with Crippen LogP contribution in [0.5, 0.6) is 5.75 Å². The summed E-state index contributed by atoms with van der Waals surface area (Å²) in [6.07, 6.45) is -0.268. The third-order valence-corrected chi connectivity index (χ3v) is 3.17. The molecule has 0 spiro atoms. The molecule has 18 heavy (non-hydrogen) atoms. The van der Waals surface area contributed by atoms with Crippen LogP contribution in [0.4, 0.5) is 8.78 Å². The smallest absolute Gasteiger partial charge is 0.267 e. The average molecular weight is 320 g/mol. The van der Waals surface area contributed by atoms with Gasteiger partial charge in [0.25, 0.3) is 11.8 Å². The fourth-order valence-electron chi connectivity index (χ4n) is 1.74. The lowest BCUT2D eigenvalue weighted by atomic mass is 10.3. The molecule has 98 valence electrons. The van der Waals surface area contributed by atoms with Crippen LogP contribution in [0.3, 0.4) is 0 Å². The zero-order valence-electron chi connectivity index (χ0n) is 9.54. The van der Waals surface area contributed by atoms with Gasteiger partial charge in [0, 0.05) is 17.4 Å². The van der Waals surface area contributed by atoms with Gasteiger partial charge in [-0.05, 0) is 18.2 Å². The number of alkyl halides is 2. The van der Waals surface area contributed by atoms with Crippen LogP contribution < -0.4 is 4.74 Å². The molecule has 3 nitrogen and oxygen atoms in total. The van der Waals surface area contributed by atoms with E-state index < -0.39 is 18.4 Å². The van der Waals surface area contributed by atoms with Crippen molar-refractivity contribution >= 4 is 21.8 Å². The largest absolute Gasteiger partial charge is 0.484 e. The van der Waals surface area contributed by atoms with E-state index in [9.17, 15) is 13.6 Å². The maximum atomic E-state index is 12.9. The van der Waals surface area contributed by atoms with Gasteiger partial charge in [0.1, 0.15) is 5.75 Å². The first-order chi connectivity index (χ1) is 8.46. The predicted octanol–water partition coefficient (Wildman–Crippen LogP) is 2.70. The molecule has 0 aliphatic carbocycles. The molecule has 1 saturated heterocycles. The minimum absolute atomic E-state index is 0.0909. The molecule has 1 aliphatic rings. The SMILES string of the molecule is O=C(COc1cccc(Br)c1)N1CCC(F)(F)C1. The van der Waals surface area contributed by atoms with Gasteiger partial charge in [0.05, 0.1) is 6.54 Å². The fourth-order valence-corrected chi connectivity index (χ4v) is 2.12. The van der Waals surface area contributed by atoms with Crippen LogP contribution >= 0.6 is 15.9 Å². The van der Waals surface area contributed by atoms with Crippen LogP contribution in [0.1, 0.15) is 6.42 Å². The normalized spacial score (nSPS) is 17.8. The van der Waals surface area contributed by atoms with Gasteiger partial charge in [0.2, 0.25) is 0 Å². The lowest BCUT2D eigenvalue weighted by molar-refractivity contribution is -0.133. The summed E-state index contributed by atoms with van der Waals surface area (Å²) < 4.78 is 32.0. The van der Waals surface area contributed by atoms with Crippen LogP contribution in [0, 0.1) is 0 Å². The number of nitrogens with zero attached hydrogens (tertiary/aromatic N) is 1. The van der Waals surface area contributed by atoms with E-state index in [4.69, 9.17) is 4.74 Å². The summed E-state index contributed by atoms with van der Waals surface area (Å²) in [5, 5.41) is 0. The number of halogens is 3. The summed E-state index contributed by atoms with van der Waals surface area (Å²) >= 11 is 3.28. The quantitative estimate of drug-likeness (QED) is 0.857. The Labute approximate surface area is 112 Å². The Morgan fingerprint density at radius 1 is 1.50 bits per heavy atom. The Morgan fingerprint density at radius 3 is 2.89 bits per heavy atom. The lowest BCUT2D eigenvalue weighted by Gasteiger charge is -2.16. The standard InChI is InChI=1S/C12H12BrF2NO2/c13-9-2-1-3-10(6-9)18-7-11(17)16-5-4-12(14,15)8-16/h1-3,6H,4-5,7-8H2. The van der Waals surface area contributed by atoms with Crippen LogP contribution in [0.2, 0.25) is 0 Å². The second kappa shape index (κ2) is 5.22. The summed E-state index contributed by atoms with van der Waals surface area (Å²) in [4.78, 5) is 12.8. The number of rotatable bonds is 3. The lowest BCUT2D eigenvalue weighted by Crippen LogP contribution is -2.34. The van der Waals surface area contributed by atoms with E-state index in [1.807, 2.05) is 6.07 Å². The number of carbonyl (C=O) groups excluding carboxylic acids is 1. The predicted molar refractivity (Wildman–Crippen MR) is 65.8 cm³/mol. The molecule has 0 aromatic heterocycles. The van der Waals surface area contributed by atoms with Gasteiger partial charge in [-0.15, -0.1) is 0 Å². The van der Waals surface area contributed by atoms with Crippen molar-refractivity contribution in [2.45, 2.75) is 12.3 Å². The molecule has 2 rings (SSSR count). The highest BCUT2D eigenvalue weighted by atomic mass is 79.9. The van der Waals surface area contributed by atoms with Crippen molar-refractivity contribution in [1.29, 1.82) is 0 Å². The first-order valence-corrected chi connectivity index (χ1v) is 6.29. The van der Waals surface area contributed by atoms with Gasteiger partial charge < -0.3 is 9.64 Å². The molecular formula is C12H12BrF2NO2. The number of hydrogen-bond acceptors (Lipinski definition) is 2. The first-order valence-electron chi connectivity index (χ1n) is 5.50. The van der Waals surface area contributed by atoms with Gasteiger partial charge in [-0.25, -0.2) is 8.78 Å². The molecule has 0 unspecified atom stereocenters. The fraction of sp³-hybridized carbons (Fsp3) is 0.417. The molecule has 1 aliphatic heterocycles. The highest BCUT2D eigenvalue weighted by Gasteiger charge is 2.40. The van der Waals surface area contributed by atoms with Crippen molar-refractivity contribution in [1.82, 2.24) is 4.90 Å². The van der Waals surface area contributed by atoms with Gasteiger partial charge in [0.15, 0.2) is 6.61 Å². The van der Waals surface area contributed by atoms with Crippen LogP contribution in [-0.4, -0.2) is 36.4 Å². The Kier molecular flexibility index (Phi) is 3.85. The molecule has 0 atom stereocenters. The third kappa shape index (κ3) is 3.41.